The van der Waals surface area contributed by atoms with Crippen molar-refractivity contribution in [3.8, 4) is 5.75 Å². The van der Waals surface area contributed by atoms with Crippen LogP contribution in [0.15, 0.2) is 18.3 Å². The molecule has 3 N–H and O–H groups in total. The average molecular weight is 510 g/mol. The fourth-order valence-corrected chi connectivity index (χ4v) is 6.70. The Kier molecular flexibility index (Phi) is 4.93. The van der Waals surface area contributed by atoms with Gasteiger partial charge >= 0.3 is 0 Å². The third-order valence-corrected chi connectivity index (χ3v) is 8.68. The number of pyridine rings is 2. The number of carbonyl (C=O) groups excluding carboxylic acids is 2. The van der Waals surface area contributed by atoms with Crippen molar-refractivity contribution in [2.45, 2.75) is 68.2 Å². The molecule has 0 radical (unpaired) electrons. The molecule has 194 valence electrons. The molecule has 2 aromatic rings. The second kappa shape index (κ2) is 7.92. The topological polar surface area (TPSA) is 126 Å². The van der Waals surface area contributed by atoms with Gasteiger partial charge in [-0.3, -0.25) is 14.6 Å². The number of carbonyl (C=O) groups is 2. The van der Waals surface area contributed by atoms with Gasteiger partial charge in [0.15, 0.2) is 18.2 Å². The number of amides is 2. The summed E-state index contributed by atoms with van der Waals surface area (Å²) in [5, 5.41) is 18.1. The lowest BCUT2D eigenvalue weighted by Crippen LogP contribution is -2.62. The second-order valence-corrected chi connectivity index (χ2v) is 11.1. The van der Waals surface area contributed by atoms with Crippen molar-refractivity contribution in [1.29, 1.82) is 0 Å². The molecule has 1 aliphatic carbocycles. The molecule has 6 aliphatic rings. The summed E-state index contributed by atoms with van der Waals surface area (Å²) >= 11 is 0. The van der Waals surface area contributed by atoms with Gasteiger partial charge in [-0.2, -0.15) is 0 Å². The molecule has 1 atom stereocenters. The zero-order valence-corrected chi connectivity index (χ0v) is 20.3. The minimum Gasteiger partial charge on any atom is -0.480 e. The number of aromatic nitrogens is 2. The van der Waals surface area contributed by atoms with Crippen LogP contribution in [0.5, 0.6) is 5.75 Å². The highest BCUT2D eigenvalue weighted by Gasteiger charge is 2.57. The highest BCUT2D eigenvalue weighted by Crippen LogP contribution is 2.53. The molecule has 11 heteroatoms. The molecule has 2 bridgehead atoms. The fourth-order valence-electron chi connectivity index (χ4n) is 6.70. The van der Waals surface area contributed by atoms with E-state index >= 15 is 4.39 Å². The van der Waals surface area contributed by atoms with Crippen LogP contribution >= 0.6 is 0 Å². The van der Waals surface area contributed by atoms with E-state index in [4.69, 9.17) is 9.47 Å². The normalized spacial score (nSPS) is 31.6. The van der Waals surface area contributed by atoms with Crippen molar-refractivity contribution in [3.63, 3.8) is 0 Å². The summed E-state index contributed by atoms with van der Waals surface area (Å²) in [6, 6.07) is 3.69. The number of hydrogen-bond donors (Lipinski definition) is 3. The lowest BCUT2D eigenvalue weighted by atomic mass is 9.67. The highest BCUT2D eigenvalue weighted by atomic mass is 19.1. The van der Waals surface area contributed by atoms with Gasteiger partial charge in [-0.15, -0.1) is 0 Å². The number of ether oxygens (including phenoxy) is 2. The van der Waals surface area contributed by atoms with Gasteiger partial charge in [-0.05, 0) is 37.8 Å². The average Bonchev–Trinajstić information content (AvgIpc) is 3.21. The lowest BCUT2D eigenvalue weighted by molar-refractivity contribution is -0.189. The quantitative estimate of drug-likeness (QED) is 0.556. The summed E-state index contributed by atoms with van der Waals surface area (Å²) in [6.07, 6.45) is 5.29. The van der Waals surface area contributed by atoms with Crippen molar-refractivity contribution < 1.29 is 28.6 Å². The minimum absolute atomic E-state index is 0.00574. The van der Waals surface area contributed by atoms with Gasteiger partial charge in [0.05, 0.1) is 42.0 Å². The van der Waals surface area contributed by atoms with Crippen LogP contribution < -0.4 is 20.3 Å². The van der Waals surface area contributed by atoms with Crippen molar-refractivity contribution in [3.05, 3.63) is 41.1 Å². The molecule has 37 heavy (non-hydrogen) atoms. The number of hydrogen-bond acceptors (Lipinski definition) is 8. The van der Waals surface area contributed by atoms with Crippen LogP contribution in [-0.4, -0.2) is 57.8 Å². The first-order valence-electron chi connectivity index (χ1n) is 12.8. The van der Waals surface area contributed by atoms with Crippen molar-refractivity contribution in [2.75, 3.05) is 30.0 Å². The molecule has 8 rings (SSSR count). The zero-order valence-electron chi connectivity index (χ0n) is 20.3. The molecule has 2 aromatic heterocycles. The van der Waals surface area contributed by atoms with Crippen LogP contribution in [0.4, 0.5) is 15.9 Å². The minimum atomic E-state index is -1.51. The number of aliphatic hydroxyl groups is 1. The van der Waals surface area contributed by atoms with E-state index in [1.54, 1.807) is 0 Å². The SMILES string of the molecule is O=C1COc2ccc(CNC34CCC(C[C@@]5(O)CN6C(=O)CCc7ncc(F)c5c76)(CC3)OC4)nc2N1. The van der Waals surface area contributed by atoms with Crippen molar-refractivity contribution in [2.24, 2.45) is 0 Å². The van der Waals surface area contributed by atoms with E-state index < -0.39 is 17.0 Å². The van der Waals surface area contributed by atoms with Crippen molar-refractivity contribution >= 4 is 23.3 Å². The zero-order chi connectivity index (χ0) is 25.4. The van der Waals surface area contributed by atoms with Crippen LogP contribution in [0.3, 0.4) is 0 Å². The van der Waals surface area contributed by atoms with Gasteiger partial charge < -0.3 is 30.1 Å². The molecular weight excluding hydrogens is 481 g/mol. The van der Waals surface area contributed by atoms with Gasteiger partial charge in [0.1, 0.15) is 11.4 Å². The third kappa shape index (κ3) is 3.63. The summed E-state index contributed by atoms with van der Waals surface area (Å²) in [7, 11) is 0. The predicted octanol–water partition coefficient (Wildman–Crippen LogP) is 1.69. The lowest BCUT2D eigenvalue weighted by Gasteiger charge is -2.55. The van der Waals surface area contributed by atoms with Gasteiger partial charge in [-0.25, -0.2) is 9.37 Å². The number of aryl methyl sites for hydroxylation is 1. The van der Waals surface area contributed by atoms with Gasteiger partial charge in [0.25, 0.3) is 5.91 Å². The van der Waals surface area contributed by atoms with E-state index in [-0.39, 0.29) is 42.5 Å². The van der Waals surface area contributed by atoms with E-state index in [9.17, 15) is 14.7 Å². The maximum atomic E-state index is 15.0. The van der Waals surface area contributed by atoms with E-state index in [1.165, 1.54) is 11.1 Å². The van der Waals surface area contributed by atoms with E-state index in [0.717, 1.165) is 18.5 Å². The summed E-state index contributed by atoms with van der Waals surface area (Å²) < 4.78 is 26.8. The van der Waals surface area contributed by atoms with Crippen LogP contribution in [0.1, 0.15) is 55.5 Å². The highest BCUT2D eigenvalue weighted by molar-refractivity contribution is 5.99. The Balaban J connectivity index is 1.06. The number of halogens is 1. The molecule has 1 saturated carbocycles. The molecule has 0 aromatic carbocycles. The second-order valence-electron chi connectivity index (χ2n) is 11.1. The summed E-state index contributed by atoms with van der Waals surface area (Å²) in [5.74, 6) is 0.0969. The summed E-state index contributed by atoms with van der Waals surface area (Å²) in [6.45, 7) is 1.01. The van der Waals surface area contributed by atoms with E-state index in [0.29, 0.717) is 61.8 Å². The molecule has 7 heterocycles. The monoisotopic (exact) mass is 509 g/mol. The Morgan fingerprint density at radius 3 is 2.81 bits per heavy atom. The van der Waals surface area contributed by atoms with Crippen LogP contribution in [-0.2, 0) is 32.9 Å². The Bertz CT molecular complexity index is 1310. The first kappa shape index (κ1) is 23.0. The number of rotatable bonds is 5. The van der Waals surface area contributed by atoms with Crippen LogP contribution in [0, 0.1) is 5.82 Å². The first-order chi connectivity index (χ1) is 17.8. The molecule has 0 unspecified atom stereocenters. The number of nitrogens with one attached hydrogen (secondary N) is 2. The first-order valence-corrected chi connectivity index (χ1v) is 12.8. The molecule has 10 nitrogen and oxygen atoms in total. The molecule has 2 amide bonds. The van der Waals surface area contributed by atoms with E-state index in [1.807, 2.05) is 12.1 Å². The van der Waals surface area contributed by atoms with Gasteiger partial charge in [0, 0.05) is 36.9 Å². The maximum absolute atomic E-state index is 15.0. The Labute approximate surface area is 212 Å². The Morgan fingerprint density at radius 1 is 1.19 bits per heavy atom. The van der Waals surface area contributed by atoms with Crippen LogP contribution in [0.2, 0.25) is 0 Å². The van der Waals surface area contributed by atoms with Crippen molar-refractivity contribution in [1.82, 2.24) is 15.3 Å². The number of nitrogens with zero attached hydrogens (tertiary/aromatic N) is 3. The molecule has 2 saturated heterocycles. The van der Waals surface area contributed by atoms with E-state index in [2.05, 4.69) is 20.6 Å². The fraction of sp³-hybridized carbons (Fsp3) is 0.538. The molecule has 5 aliphatic heterocycles. The smallest absolute Gasteiger partial charge is 0.263 e. The van der Waals surface area contributed by atoms with Crippen LogP contribution in [0.25, 0.3) is 0 Å². The summed E-state index contributed by atoms with van der Waals surface area (Å²) in [4.78, 5) is 34.4. The number of anilines is 2. The van der Waals surface area contributed by atoms with Gasteiger partial charge in [-0.1, -0.05) is 0 Å². The Hall–Kier alpha value is -3.15. The third-order valence-electron chi connectivity index (χ3n) is 8.68. The standard InChI is InChI=1S/C26H28FN5O5/c27-16-10-28-17-2-4-20(34)32-13-26(35,21(16)22(17)32)12-25-7-5-24(6-8-25,14-37-25)29-9-15-1-3-18-23(30-15)31-19(33)11-36-18/h1,3,10,29,35H,2,4-9,11-14H2,(H,30,31,33)/t24?,25?,26-/m1/s1. The molecule has 3 fully saturated rings. The Morgan fingerprint density at radius 2 is 2.03 bits per heavy atom. The molecule has 0 spiro atoms. The molecular formula is C26H28FN5O5. The summed E-state index contributed by atoms with van der Waals surface area (Å²) in [5.41, 5.74) is -0.208. The van der Waals surface area contributed by atoms with Gasteiger partial charge in [0.2, 0.25) is 5.91 Å². The maximum Gasteiger partial charge on any atom is 0.263 e. The largest absolute Gasteiger partial charge is 0.480 e. The predicted molar refractivity (Wildman–Crippen MR) is 128 cm³/mol. The number of fused-ring (bicyclic) bond motifs is 4.